The molecule has 0 saturated carbocycles. The highest BCUT2D eigenvalue weighted by atomic mass is 16.5. The van der Waals surface area contributed by atoms with Gasteiger partial charge in [-0.25, -0.2) is 9.67 Å². The number of hydrogen-bond donors (Lipinski definition) is 1. The molecule has 1 aromatic carbocycles. The molecule has 0 aliphatic carbocycles. The molecule has 7 nitrogen and oxygen atoms in total. The molecule has 0 radical (unpaired) electrons. The van der Waals surface area contributed by atoms with E-state index < -0.39 is 0 Å². The summed E-state index contributed by atoms with van der Waals surface area (Å²) in [6.45, 7) is 6.37. The highest BCUT2D eigenvalue weighted by Crippen LogP contribution is 2.33. The van der Waals surface area contributed by atoms with Crippen molar-refractivity contribution in [1.82, 2.24) is 24.6 Å². The van der Waals surface area contributed by atoms with Gasteiger partial charge in [0.05, 0.1) is 30.4 Å². The molecule has 1 N–H and O–H groups in total. The Labute approximate surface area is 165 Å². The van der Waals surface area contributed by atoms with Crippen molar-refractivity contribution in [2.75, 3.05) is 26.0 Å². The zero-order chi connectivity index (χ0) is 19.7. The van der Waals surface area contributed by atoms with Crippen LogP contribution in [0.3, 0.4) is 0 Å². The van der Waals surface area contributed by atoms with Crippen LogP contribution in [0.4, 0.5) is 11.6 Å². The third-order valence-corrected chi connectivity index (χ3v) is 5.43. The average Bonchev–Trinajstić information content (AvgIpc) is 3.11. The average molecular weight is 380 g/mol. The molecule has 0 saturated heterocycles. The minimum atomic E-state index is 0.305. The molecule has 0 amide bonds. The Morgan fingerprint density at radius 2 is 2.11 bits per heavy atom. The standard InChI is InChI=1S/C21H28N6O/c1-5-6-14(2)27-20-17(12-23-27)11-22-21(25-20)24-18-9-16-13-26(3)8-7-15(16)10-19(18)28-4/h9-12,14H,5-8,13H2,1-4H3,(H,22,24,25)/t14-/m0/s1. The van der Waals surface area contributed by atoms with Crippen molar-refractivity contribution < 1.29 is 4.74 Å². The van der Waals surface area contributed by atoms with Crippen molar-refractivity contribution in [2.45, 2.75) is 45.7 Å². The lowest BCUT2D eigenvalue weighted by Gasteiger charge is -2.26. The number of anilines is 2. The molecule has 1 atom stereocenters. The monoisotopic (exact) mass is 380 g/mol. The normalized spacial score (nSPS) is 15.4. The van der Waals surface area contributed by atoms with Gasteiger partial charge >= 0.3 is 0 Å². The second-order valence-corrected chi connectivity index (χ2v) is 7.63. The predicted molar refractivity (Wildman–Crippen MR) is 111 cm³/mol. The number of benzene rings is 1. The van der Waals surface area contributed by atoms with Crippen LogP contribution < -0.4 is 10.1 Å². The lowest BCUT2D eigenvalue weighted by Crippen LogP contribution is -2.26. The Morgan fingerprint density at radius 3 is 2.89 bits per heavy atom. The van der Waals surface area contributed by atoms with E-state index in [2.05, 4.69) is 53.3 Å². The van der Waals surface area contributed by atoms with Gasteiger partial charge in [-0.1, -0.05) is 13.3 Å². The Kier molecular flexibility index (Phi) is 5.17. The number of methoxy groups -OCH3 is 1. The van der Waals surface area contributed by atoms with E-state index in [-0.39, 0.29) is 0 Å². The van der Waals surface area contributed by atoms with Gasteiger partial charge in [0, 0.05) is 19.3 Å². The molecule has 148 valence electrons. The minimum absolute atomic E-state index is 0.305. The number of ether oxygens (including phenoxy) is 1. The first kappa shape index (κ1) is 18.7. The fourth-order valence-corrected chi connectivity index (χ4v) is 3.87. The highest BCUT2D eigenvalue weighted by Gasteiger charge is 2.18. The molecule has 0 bridgehead atoms. The number of hydrogen-bond acceptors (Lipinski definition) is 6. The summed E-state index contributed by atoms with van der Waals surface area (Å²) < 4.78 is 7.62. The van der Waals surface area contributed by atoms with Crippen LogP contribution in [-0.4, -0.2) is 45.4 Å². The van der Waals surface area contributed by atoms with E-state index in [1.54, 1.807) is 7.11 Å². The van der Waals surface area contributed by atoms with Crippen LogP contribution in [0, 0.1) is 0 Å². The van der Waals surface area contributed by atoms with Crippen LogP contribution >= 0.6 is 0 Å². The summed E-state index contributed by atoms with van der Waals surface area (Å²) in [6, 6.07) is 4.60. The summed E-state index contributed by atoms with van der Waals surface area (Å²) in [6.07, 6.45) is 6.88. The first-order valence-electron chi connectivity index (χ1n) is 9.94. The van der Waals surface area contributed by atoms with Crippen LogP contribution in [0.5, 0.6) is 5.75 Å². The Balaban J connectivity index is 1.68. The van der Waals surface area contributed by atoms with Crippen molar-refractivity contribution in [1.29, 1.82) is 0 Å². The van der Waals surface area contributed by atoms with Gasteiger partial charge in [-0.3, -0.25) is 0 Å². The molecule has 1 aliphatic rings. The number of aromatic nitrogens is 4. The van der Waals surface area contributed by atoms with Gasteiger partial charge in [0.1, 0.15) is 5.75 Å². The molecule has 4 rings (SSSR count). The zero-order valence-electron chi connectivity index (χ0n) is 17.1. The third-order valence-electron chi connectivity index (χ3n) is 5.43. The van der Waals surface area contributed by atoms with E-state index in [0.29, 0.717) is 12.0 Å². The van der Waals surface area contributed by atoms with Crippen molar-refractivity contribution in [3.63, 3.8) is 0 Å². The maximum absolute atomic E-state index is 5.63. The maximum Gasteiger partial charge on any atom is 0.229 e. The smallest absolute Gasteiger partial charge is 0.229 e. The summed E-state index contributed by atoms with van der Waals surface area (Å²) in [7, 11) is 3.85. The van der Waals surface area contributed by atoms with Crippen LogP contribution in [0.25, 0.3) is 11.0 Å². The van der Waals surface area contributed by atoms with E-state index >= 15 is 0 Å². The van der Waals surface area contributed by atoms with E-state index in [9.17, 15) is 0 Å². The predicted octanol–water partition coefficient (Wildman–Crippen LogP) is 3.93. The van der Waals surface area contributed by atoms with E-state index in [0.717, 1.165) is 54.8 Å². The molecule has 7 heteroatoms. The van der Waals surface area contributed by atoms with E-state index in [1.165, 1.54) is 11.1 Å². The Bertz CT molecular complexity index is 982. The van der Waals surface area contributed by atoms with Gasteiger partial charge < -0.3 is 15.0 Å². The molecular weight excluding hydrogens is 352 g/mol. The fraction of sp³-hybridized carbons (Fsp3) is 0.476. The summed E-state index contributed by atoms with van der Waals surface area (Å²) in [4.78, 5) is 11.6. The fourth-order valence-electron chi connectivity index (χ4n) is 3.87. The summed E-state index contributed by atoms with van der Waals surface area (Å²) >= 11 is 0. The molecule has 3 aromatic rings. The topological polar surface area (TPSA) is 68.1 Å². The van der Waals surface area contributed by atoms with Crippen LogP contribution in [-0.2, 0) is 13.0 Å². The minimum Gasteiger partial charge on any atom is -0.495 e. The Hall–Kier alpha value is -2.67. The number of likely N-dealkylation sites (N-methyl/N-ethyl adjacent to an activating group) is 1. The van der Waals surface area contributed by atoms with Gasteiger partial charge in [0.25, 0.3) is 0 Å². The second-order valence-electron chi connectivity index (χ2n) is 7.63. The SMILES string of the molecule is CCC[C@H](C)n1ncc2cnc(Nc3cc4c(cc3OC)CCN(C)C4)nc21. The van der Waals surface area contributed by atoms with Crippen LogP contribution in [0.15, 0.2) is 24.5 Å². The Morgan fingerprint density at radius 1 is 1.25 bits per heavy atom. The first-order chi connectivity index (χ1) is 13.6. The molecular formula is C21H28N6O. The lowest BCUT2D eigenvalue weighted by molar-refractivity contribution is 0.312. The number of nitrogens with zero attached hydrogens (tertiary/aromatic N) is 5. The summed E-state index contributed by atoms with van der Waals surface area (Å²) in [5.41, 5.74) is 4.42. The molecule has 0 spiro atoms. The van der Waals surface area contributed by atoms with Crippen molar-refractivity contribution in [3.05, 3.63) is 35.7 Å². The molecule has 1 aliphatic heterocycles. The second kappa shape index (κ2) is 7.75. The van der Waals surface area contributed by atoms with Gasteiger partial charge in [-0.2, -0.15) is 10.1 Å². The number of nitrogens with one attached hydrogen (secondary N) is 1. The molecule has 2 aromatic heterocycles. The molecule has 0 unspecified atom stereocenters. The maximum atomic E-state index is 5.63. The number of fused-ring (bicyclic) bond motifs is 2. The molecule has 3 heterocycles. The third kappa shape index (κ3) is 3.54. The quantitative estimate of drug-likeness (QED) is 0.699. The zero-order valence-corrected chi connectivity index (χ0v) is 17.1. The van der Waals surface area contributed by atoms with Crippen molar-refractivity contribution >= 4 is 22.7 Å². The summed E-state index contributed by atoms with van der Waals surface area (Å²) in [5.74, 6) is 1.38. The van der Waals surface area contributed by atoms with Gasteiger partial charge in [0.15, 0.2) is 5.65 Å². The van der Waals surface area contributed by atoms with Crippen LogP contribution in [0.1, 0.15) is 43.9 Å². The van der Waals surface area contributed by atoms with E-state index in [1.807, 2.05) is 17.1 Å². The first-order valence-corrected chi connectivity index (χ1v) is 9.94. The van der Waals surface area contributed by atoms with Crippen LogP contribution in [0.2, 0.25) is 0 Å². The molecule has 0 fully saturated rings. The highest BCUT2D eigenvalue weighted by molar-refractivity contribution is 5.76. The number of rotatable bonds is 6. The molecule has 28 heavy (non-hydrogen) atoms. The lowest BCUT2D eigenvalue weighted by atomic mass is 9.99. The van der Waals surface area contributed by atoms with Gasteiger partial charge in [-0.15, -0.1) is 0 Å². The summed E-state index contributed by atoms with van der Waals surface area (Å²) in [5, 5.41) is 8.83. The van der Waals surface area contributed by atoms with Gasteiger partial charge in [-0.05, 0) is 50.1 Å². The van der Waals surface area contributed by atoms with Crippen molar-refractivity contribution in [2.24, 2.45) is 0 Å². The van der Waals surface area contributed by atoms with E-state index in [4.69, 9.17) is 9.72 Å². The largest absolute Gasteiger partial charge is 0.495 e. The van der Waals surface area contributed by atoms with Gasteiger partial charge in [0.2, 0.25) is 5.95 Å². The van der Waals surface area contributed by atoms with Crippen molar-refractivity contribution in [3.8, 4) is 5.75 Å².